The van der Waals surface area contributed by atoms with Crippen molar-refractivity contribution in [3.63, 3.8) is 0 Å². The van der Waals surface area contributed by atoms with Gasteiger partial charge in [0.15, 0.2) is 0 Å². The highest BCUT2D eigenvalue weighted by Gasteiger charge is 2.05. The number of hydrogen-bond donors (Lipinski definition) is 2. The van der Waals surface area contributed by atoms with Gasteiger partial charge in [0.05, 0.1) is 0 Å². The van der Waals surface area contributed by atoms with Crippen molar-refractivity contribution in [2.75, 3.05) is 13.1 Å². The maximum Gasteiger partial charge on any atom is 0.303 e. The van der Waals surface area contributed by atoms with Gasteiger partial charge >= 0.3 is 5.97 Å². The molecule has 0 spiro atoms. The molecule has 134 valence electrons. The SMILES string of the molecule is O=C(O)CCCCNCCc1ccccc1OCc1ccccc1Cl. The summed E-state index contributed by atoms with van der Waals surface area (Å²) in [5.74, 6) is 0.139. The molecule has 0 unspecified atom stereocenters. The molecule has 2 aromatic rings. The number of aliphatic carboxylic acids is 1. The van der Waals surface area contributed by atoms with Crippen LogP contribution in [-0.4, -0.2) is 24.2 Å². The van der Waals surface area contributed by atoms with E-state index in [0.29, 0.717) is 18.1 Å². The number of carbonyl (C=O) groups is 1. The topological polar surface area (TPSA) is 58.6 Å². The van der Waals surface area contributed by atoms with Crippen molar-refractivity contribution in [1.82, 2.24) is 5.32 Å². The zero-order chi connectivity index (χ0) is 17.9. The van der Waals surface area contributed by atoms with Crippen molar-refractivity contribution in [2.24, 2.45) is 0 Å². The van der Waals surface area contributed by atoms with E-state index in [0.717, 1.165) is 42.8 Å². The van der Waals surface area contributed by atoms with Crippen LogP contribution in [0.4, 0.5) is 0 Å². The fraction of sp³-hybridized carbons (Fsp3) is 0.350. The van der Waals surface area contributed by atoms with Crippen LogP contribution >= 0.6 is 11.6 Å². The summed E-state index contributed by atoms with van der Waals surface area (Å²) in [6.07, 6.45) is 2.68. The minimum atomic E-state index is -0.732. The molecule has 0 heterocycles. The third kappa shape index (κ3) is 7.16. The number of ether oxygens (including phenoxy) is 1. The van der Waals surface area contributed by atoms with Crippen molar-refractivity contribution in [2.45, 2.75) is 32.3 Å². The molecule has 0 atom stereocenters. The molecule has 2 N–H and O–H groups in total. The average Bonchev–Trinajstić information content (AvgIpc) is 2.61. The predicted molar refractivity (Wildman–Crippen MR) is 100 cm³/mol. The summed E-state index contributed by atoms with van der Waals surface area (Å²) in [4.78, 5) is 10.5. The van der Waals surface area contributed by atoms with E-state index in [1.54, 1.807) is 0 Å². The molecule has 0 aliphatic carbocycles. The Morgan fingerprint density at radius 2 is 1.72 bits per heavy atom. The Morgan fingerprint density at radius 3 is 2.48 bits per heavy atom. The molecule has 0 aromatic heterocycles. The summed E-state index contributed by atoms with van der Waals surface area (Å²) in [7, 11) is 0. The second-order valence-corrected chi connectivity index (χ2v) is 6.25. The van der Waals surface area contributed by atoms with Crippen molar-refractivity contribution in [3.8, 4) is 5.75 Å². The Morgan fingerprint density at radius 1 is 1.00 bits per heavy atom. The third-order valence-electron chi connectivity index (χ3n) is 3.88. The van der Waals surface area contributed by atoms with Crippen LogP contribution < -0.4 is 10.1 Å². The minimum absolute atomic E-state index is 0.237. The van der Waals surface area contributed by atoms with Gasteiger partial charge in [0.25, 0.3) is 0 Å². The summed E-state index contributed by atoms with van der Waals surface area (Å²) in [5.41, 5.74) is 2.11. The van der Waals surface area contributed by atoms with Crippen LogP contribution in [-0.2, 0) is 17.8 Å². The van der Waals surface area contributed by atoms with E-state index in [1.807, 2.05) is 42.5 Å². The summed E-state index contributed by atoms with van der Waals surface area (Å²) in [5, 5.41) is 12.7. The lowest BCUT2D eigenvalue weighted by Crippen LogP contribution is -2.19. The molecule has 0 bridgehead atoms. The molecule has 0 aliphatic rings. The maximum atomic E-state index is 10.5. The fourth-order valence-electron chi connectivity index (χ4n) is 2.50. The first kappa shape index (κ1) is 19.3. The normalized spacial score (nSPS) is 10.6. The summed E-state index contributed by atoms with van der Waals surface area (Å²) >= 11 is 6.17. The molecule has 0 aliphatic heterocycles. The van der Waals surface area contributed by atoms with E-state index in [-0.39, 0.29) is 6.42 Å². The van der Waals surface area contributed by atoms with E-state index in [2.05, 4.69) is 11.4 Å². The Kier molecular flexibility index (Phi) is 8.29. The molecule has 0 radical (unpaired) electrons. The highest BCUT2D eigenvalue weighted by atomic mass is 35.5. The monoisotopic (exact) mass is 361 g/mol. The smallest absolute Gasteiger partial charge is 0.303 e. The van der Waals surface area contributed by atoms with Crippen LogP contribution in [0.3, 0.4) is 0 Å². The predicted octanol–water partition coefficient (Wildman–Crippen LogP) is 4.31. The number of unbranched alkanes of at least 4 members (excludes halogenated alkanes) is 1. The van der Waals surface area contributed by atoms with Gasteiger partial charge in [-0.05, 0) is 50.0 Å². The zero-order valence-corrected chi connectivity index (χ0v) is 15.0. The summed E-state index contributed by atoms with van der Waals surface area (Å²) in [6.45, 7) is 2.11. The van der Waals surface area contributed by atoms with Crippen LogP contribution in [0, 0.1) is 0 Å². The number of benzene rings is 2. The first-order valence-electron chi connectivity index (χ1n) is 8.53. The highest BCUT2D eigenvalue weighted by Crippen LogP contribution is 2.22. The van der Waals surface area contributed by atoms with Gasteiger partial charge in [-0.3, -0.25) is 4.79 Å². The lowest BCUT2D eigenvalue weighted by Gasteiger charge is -2.12. The summed E-state index contributed by atoms with van der Waals surface area (Å²) in [6, 6.07) is 15.7. The van der Waals surface area contributed by atoms with Gasteiger partial charge in [-0.1, -0.05) is 48.0 Å². The molecule has 0 fully saturated rings. The molecule has 0 saturated carbocycles. The Hall–Kier alpha value is -2.04. The van der Waals surface area contributed by atoms with Gasteiger partial charge in [-0.2, -0.15) is 0 Å². The molecule has 5 heteroatoms. The second kappa shape index (κ2) is 10.7. The van der Waals surface area contributed by atoms with E-state index in [1.165, 1.54) is 0 Å². The Balaban J connectivity index is 1.76. The largest absolute Gasteiger partial charge is 0.489 e. The Bertz CT molecular complexity index is 675. The van der Waals surface area contributed by atoms with E-state index < -0.39 is 5.97 Å². The van der Waals surface area contributed by atoms with Crippen molar-refractivity contribution < 1.29 is 14.6 Å². The number of rotatable bonds is 11. The van der Waals surface area contributed by atoms with Gasteiger partial charge in [-0.15, -0.1) is 0 Å². The molecular formula is C20H24ClNO3. The molecule has 2 rings (SSSR count). The molecule has 25 heavy (non-hydrogen) atoms. The highest BCUT2D eigenvalue weighted by molar-refractivity contribution is 6.31. The lowest BCUT2D eigenvalue weighted by atomic mass is 10.1. The fourth-order valence-corrected chi connectivity index (χ4v) is 2.69. The van der Waals surface area contributed by atoms with Gasteiger partial charge < -0.3 is 15.2 Å². The van der Waals surface area contributed by atoms with E-state index in [9.17, 15) is 4.79 Å². The summed E-state index contributed by atoms with van der Waals surface area (Å²) < 4.78 is 5.95. The molecule has 0 amide bonds. The molecular weight excluding hydrogens is 338 g/mol. The lowest BCUT2D eigenvalue weighted by molar-refractivity contribution is -0.137. The minimum Gasteiger partial charge on any atom is -0.489 e. The Labute approximate surface area is 153 Å². The van der Waals surface area contributed by atoms with Gasteiger partial charge in [-0.25, -0.2) is 0 Å². The van der Waals surface area contributed by atoms with Crippen LogP contribution in [0.25, 0.3) is 0 Å². The van der Waals surface area contributed by atoms with Crippen molar-refractivity contribution in [3.05, 3.63) is 64.7 Å². The van der Waals surface area contributed by atoms with Gasteiger partial charge in [0, 0.05) is 17.0 Å². The number of para-hydroxylation sites is 1. The number of carboxylic acids is 1. The number of nitrogens with one attached hydrogen (secondary N) is 1. The van der Waals surface area contributed by atoms with Gasteiger partial charge in [0.1, 0.15) is 12.4 Å². The number of carboxylic acid groups (broad SMARTS) is 1. The van der Waals surface area contributed by atoms with Crippen LogP contribution in [0.5, 0.6) is 5.75 Å². The second-order valence-electron chi connectivity index (χ2n) is 5.84. The average molecular weight is 362 g/mol. The molecule has 0 saturated heterocycles. The first-order valence-corrected chi connectivity index (χ1v) is 8.91. The van der Waals surface area contributed by atoms with E-state index >= 15 is 0 Å². The van der Waals surface area contributed by atoms with Crippen LogP contribution in [0.2, 0.25) is 5.02 Å². The molecule has 2 aromatic carbocycles. The van der Waals surface area contributed by atoms with Crippen LogP contribution in [0.1, 0.15) is 30.4 Å². The molecule has 4 nitrogen and oxygen atoms in total. The van der Waals surface area contributed by atoms with Crippen LogP contribution in [0.15, 0.2) is 48.5 Å². The van der Waals surface area contributed by atoms with Crippen molar-refractivity contribution in [1.29, 1.82) is 0 Å². The first-order chi connectivity index (χ1) is 12.2. The zero-order valence-electron chi connectivity index (χ0n) is 14.2. The van der Waals surface area contributed by atoms with Gasteiger partial charge in [0.2, 0.25) is 0 Å². The number of halogens is 1. The van der Waals surface area contributed by atoms with E-state index in [4.69, 9.17) is 21.4 Å². The standard InChI is InChI=1S/C20H24ClNO3/c21-18-9-3-1-8-17(18)15-25-19-10-4-2-7-16(19)12-14-22-13-6-5-11-20(23)24/h1-4,7-10,22H,5-6,11-15H2,(H,23,24). The quantitative estimate of drug-likeness (QED) is 0.586. The number of hydrogen-bond acceptors (Lipinski definition) is 3. The van der Waals surface area contributed by atoms with Crippen molar-refractivity contribution >= 4 is 17.6 Å². The maximum absolute atomic E-state index is 10.5. The third-order valence-corrected chi connectivity index (χ3v) is 4.25.